The third-order valence-corrected chi connectivity index (χ3v) is 3.63. The van der Waals surface area contributed by atoms with Crippen LogP contribution in [0.15, 0.2) is 24.3 Å². The van der Waals surface area contributed by atoms with Crippen molar-refractivity contribution in [2.45, 2.75) is 45.2 Å². The largest absolute Gasteiger partial charge is 0.467 e. The van der Waals surface area contributed by atoms with Crippen molar-refractivity contribution in [1.82, 2.24) is 10.6 Å². The molecule has 1 rings (SSSR count). The van der Waals surface area contributed by atoms with E-state index in [1.807, 2.05) is 0 Å². The van der Waals surface area contributed by atoms with Gasteiger partial charge in [0, 0.05) is 19.8 Å². The second-order valence-corrected chi connectivity index (χ2v) is 5.91. The fraction of sp³-hybridized carbons (Fsp3) is 0.444. The molecule has 0 bridgehead atoms. The van der Waals surface area contributed by atoms with Gasteiger partial charge in [-0.05, 0) is 31.0 Å². The van der Waals surface area contributed by atoms with Crippen LogP contribution in [0.25, 0.3) is 0 Å². The zero-order chi connectivity index (χ0) is 19.7. The van der Waals surface area contributed by atoms with Gasteiger partial charge < -0.3 is 20.2 Å². The molecule has 0 aliphatic carbocycles. The summed E-state index contributed by atoms with van der Waals surface area (Å²) in [7, 11) is 1.18. The molecule has 0 aliphatic rings. The number of rotatable bonds is 9. The maximum atomic E-state index is 13.0. The highest BCUT2D eigenvalue weighted by atomic mass is 19.1. The molecule has 7 nitrogen and oxygen atoms in total. The number of esters is 1. The molecule has 2 atom stereocenters. The number of benzene rings is 1. The summed E-state index contributed by atoms with van der Waals surface area (Å²) in [6, 6.07) is 3.56. The van der Waals surface area contributed by atoms with E-state index in [0.29, 0.717) is 5.56 Å². The molecule has 26 heavy (non-hydrogen) atoms. The van der Waals surface area contributed by atoms with Gasteiger partial charge >= 0.3 is 5.97 Å². The molecule has 2 N–H and O–H groups in total. The van der Waals surface area contributed by atoms with Crippen LogP contribution in [0, 0.1) is 5.82 Å². The third kappa shape index (κ3) is 7.42. The van der Waals surface area contributed by atoms with Crippen LogP contribution in [-0.4, -0.2) is 42.8 Å². The van der Waals surface area contributed by atoms with Gasteiger partial charge in [-0.25, -0.2) is 9.18 Å². The fourth-order valence-electron chi connectivity index (χ4n) is 2.32. The SMILES string of the molecule is COC(=O)[C@@H](CCC(C)=O)NC(=O)[C@@H](Cc1ccc(F)cc1)NC(C)=O. The lowest BCUT2D eigenvalue weighted by molar-refractivity contribution is -0.145. The second kappa shape index (κ2) is 10.3. The number of carbonyl (C=O) groups excluding carboxylic acids is 4. The quantitative estimate of drug-likeness (QED) is 0.633. The molecule has 0 saturated heterocycles. The number of ketones is 1. The minimum absolute atomic E-state index is 0.0943. The summed E-state index contributed by atoms with van der Waals surface area (Å²) in [5, 5.41) is 5.01. The Balaban J connectivity index is 2.87. The van der Waals surface area contributed by atoms with Crippen molar-refractivity contribution in [2.24, 2.45) is 0 Å². The molecular formula is C18H23FN2O5. The number of carbonyl (C=O) groups is 4. The van der Waals surface area contributed by atoms with Crippen LogP contribution in [0.1, 0.15) is 32.3 Å². The van der Waals surface area contributed by atoms with Gasteiger partial charge in [-0.15, -0.1) is 0 Å². The molecule has 0 unspecified atom stereocenters. The zero-order valence-corrected chi connectivity index (χ0v) is 15.0. The van der Waals surface area contributed by atoms with Crippen LogP contribution in [0.3, 0.4) is 0 Å². The van der Waals surface area contributed by atoms with E-state index in [2.05, 4.69) is 15.4 Å². The van der Waals surface area contributed by atoms with Crippen molar-refractivity contribution in [1.29, 1.82) is 0 Å². The molecule has 0 fully saturated rings. The normalized spacial score (nSPS) is 12.6. The summed E-state index contributed by atoms with van der Waals surface area (Å²) in [4.78, 5) is 46.9. The van der Waals surface area contributed by atoms with E-state index in [-0.39, 0.29) is 25.0 Å². The summed E-state index contributed by atoms with van der Waals surface area (Å²) in [6.45, 7) is 2.64. The lowest BCUT2D eigenvalue weighted by Crippen LogP contribution is -2.52. The first-order valence-electron chi connectivity index (χ1n) is 8.12. The fourth-order valence-corrected chi connectivity index (χ4v) is 2.32. The highest BCUT2D eigenvalue weighted by molar-refractivity contribution is 5.90. The standard InChI is InChI=1S/C18H23FN2O5/c1-11(22)4-9-15(18(25)26-3)21-17(24)16(20-12(2)23)10-13-5-7-14(19)8-6-13/h5-8,15-16H,4,9-10H2,1-3H3,(H,20,23)(H,21,24)/t15-,16-/m1/s1. The Kier molecular flexibility index (Phi) is 8.41. The summed E-state index contributed by atoms with van der Waals surface area (Å²) in [5.74, 6) is -2.24. The predicted octanol–water partition coefficient (Wildman–Crippen LogP) is 0.900. The zero-order valence-electron chi connectivity index (χ0n) is 15.0. The topological polar surface area (TPSA) is 102 Å². The molecule has 142 valence electrons. The summed E-state index contributed by atoms with van der Waals surface area (Å²) < 4.78 is 17.7. The Hall–Kier alpha value is -2.77. The molecule has 1 aromatic rings. The van der Waals surface area contributed by atoms with E-state index in [1.165, 1.54) is 45.2 Å². The van der Waals surface area contributed by atoms with Gasteiger partial charge in [-0.2, -0.15) is 0 Å². The van der Waals surface area contributed by atoms with Gasteiger partial charge in [0.1, 0.15) is 23.7 Å². The van der Waals surface area contributed by atoms with Crippen LogP contribution in [0.5, 0.6) is 0 Å². The molecule has 0 aromatic heterocycles. The summed E-state index contributed by atoms with van der Waals surface area (Å²) in [5.41, 5.74) is 0.638. The average molecular weight is 366 g/mol. The smallest absolute Gasteiger partial charge is 0.328 e. The van der Waals surface area contributed by atoms with Gasteiger partial charge in [-0.3, -0.25) is 9.59 Å². The molecular weight excluding hydrogens is 343 g/mol. The average Bonchev–Trinajstić information content (AvgIpc) is 2.58. The van der Waals surface area contributed by atoms with Crippen molar-refractivity contribution < 1.29 is 28.3 Å². The Bertz CT molecular complexity index is 660. The number of hydrogen-bond donors (Lipinski definition) is 2. The number of halogens is 1. The number of hydrogen-bond acceptors (Lipinski definition) is 5. The lowest BCUT2D eigenvalue weighted by Gasteiger charge is -2.22. The Morgan fingerprint density at radius 2 is 1.65 bits per heavy atom. The van der Waals surface area contributed by atoms with Crippen LogP contribution in [0.4, 0.5) is 4.39 Å². The monoisotopic (exact) mass is 366 g/mol. The molecule has 2 amide bonds. The van der Waals surface area contributed by atoms with Crippen molar-refractivity contribution in [2.75, 3.05) is 7.11 Å². The first kappa shape index (κ1) is 21.3. The van der Waals surface area contributed by atoms with E-state index in [1.54, 1.807) is 0 Å². The van der Waals surface area contributed by atoms with Gasteiger partial charge in [0.15, 0.2) is 0 Å². The number of amides is 2. The molecule has 0 heterocycles. The molecule has 0 spiro atoms. The molecule has 8 heteroatoms. The highest BCUT2D eigenvalue weighted by Crippen LogP contribution is 2.08. The molecule has 1 aromatic carbocycles. The lowest BCUT2D eigenvalue weighted by atomic mass is 10.0. The van der Waals surface area contributed by atoms with E-state index < -0.39 is 35.7 Å². The van der Waals surface area contributed by atoms with Crippen molar-refractivity contribution in [3.8, 4) is 0 Å². The number of nitrogens with one attached hydrogen (secondary N) is 2. The van der Waals surface area contributed by atoms with Crippen LogP contribution in [-0.2, 0) is 30.3 Å². The van der Waals surface area contributed by atoms with E-state index in [0.717, 1.165) is 0 Å². The van der Waals surface area contributed by atoms with Gasteiger partial charge in [0.25, 0.3) is 0 Å². The Morgan fingerprint density at radius 1 is 1.04 bits per heavy atom. The first-order chi connectivity index (χ1) is 12.2. The predicted molar refractivity (Wildman–Crippen MR) is 91.6 cm³/mol. The summed E-state index contributed by atoms with van der Waals surface area (Å²) >= 11 is 0. The molecule has 0 saturated carbocycles. The molecule has 0 radical (unpaired) electrons. The van der Waals surface area contributed by atoms with Crippen LogP contribution < -0.4 is 10.6 Å². The van der Waals surface area contributed by atoms with Crippen LogP contribution in [0.2, 0.25) is 0 Å². The third-order valence-electron chi connectivity index (χ3n) is 3.63. The van der Waals surface area contributed by atoms with Gasteiger partial charge in [0.2, 0.25) is 11.8 Å². The number of ether oxygens (including phenoxy) is 1. The minimum Gasteiger partial charge on any atom is -0.467 e. The maximum Gasteiger partial charge on any atom is 0.328 e. The van der Waals surface area contributed by atoms with E-state index >= 15 is 0 Å². The first-order valence-corrected chi connectivity index (χ1v) is 8.12. The van der Waals surface area contributed by atoms with Crippen molar-refractivity contribution >= 4 is 23.6 Å². The Labute approximate surface area is 151 Å². The van der Waals surface area contributed by atoms with Crippen molar-refractivity contribution in [3.63, 3.8) is 0 Å². The highest BCUT2D eigenvalue weighted by Gasteiger charge is 2.27. The minimum atomic E-state index is -0.999. The molecule has 0 aliphatic heterocycles. The van der Waals surface area contributed by atoms with E-state index in [4.69, 9.17) is 0 Å². The van der Waals surface area contributed by atoms with Crippen molar-refractivity contribution in [3.05, 3.63) is 35.6 Å². The van der Waals surface area contributed by atoms with E-state index in [9.17, 15) is 23.6 Å². The second-order valence-electron chi connectivity index (χ2n) is 5.91. The summed E-state index contributed by atoms with van der Waals surface area (Å²) in [6.07, 6.45) is 0.312. The number of Topliss-reactive ketones (excluding diaryl/α,β-unsaturated/α-hetero) is 1. The Morgan fingerprint density at radius 3 is 2.15 bits per heavy atom. The van der Waals surface area contributed by atoms with Crippen LogP contribution >= 0.6 is 0 Å². The maximum absolute atomic E-state index is 13.0. The number of methoxy groups -OCH3 is 1. The van der Waals surface area contributed by atoms with Gasteiger partial charge in [-0.1, -0.05) is 12.1 Å². The van der Waals surface area contributed by atoms with Gasteiger partial charge in [0.05, 0.1) is 7.11 Å².